The molecule has 2 heteroatoms. The summed E-state index contributed by atoms with van der Waals surface area (Å²) in [7, 11) is 1.73. The van der Waals surface area contributed by atoms with Crippen LogP contribution in [-0.2, 0) is 4.74 Å². The first-order valence-corrected chi connectivity index (χ1v) is 4.71. The number of hydrogen-bond acceptors (Lipinski definition) is 2. The summed E-state index contributed by atoms with van der Waals surface area (Å²) in [5.41, 5.74) is 1.11. The van der Waals surface area contributed by atoms with E-state index in [-0.39, 0.29) is 6.23 Å². The second-order valence-corrected chi connectivity index (χ2v) is 3.02. The van der Waals surface area contributed by atoms with E-state index in [0.717, 1.165) is 18.5 Å². The van der Waals surface area contributed by atoms with Crippen LogP contribution in [0, 0.1) is 0 Å². The molecule has 1 aromatic carbocycles. The maximum atomic E-state index is 5.28. The predicted octanol–water partition coefficient (Wildman–Crippen LogP) is 2.87. The highest BCUT2D eigenvalue weighted by Gasteiger charge is 2.03. The molecule has 0 radical (unpaired) electrons. The first kappa shape index (κ1) is 10.1. The topological polar surface area (TPSA) is 21.3 Å². The molecule has 0 spiro atoms. The van der Waals surface area contributed by atoms with Gasteiger partial charge in [-0.15, -0.1) is 0 Å². The number of anilines is 1. The highest BCUT2D eigenvalue weighted by atomic mass is 16.5. The monoisotopic (exact) mass is 179 g/mol. The maximum absolute atomic E-state index is 5.28. The Morgan fingerprint density at radius 3 is 2.54 bits per heavy atom. The van der Waals surface area contributed by atoms with Gasteiger partial charge in [-0.1, -0.05) is 31.5 Å². The average Bonchev–Trinajstić information content (AvgIpc) is 2.19. The Morgan fingerprint density at radius 1 is 1.31 bits per heavy atom. The fourth-order valence-electron chi connectivity index (χ4n) is 1.23. The highest BCUT2D eigenvalue weighted by molar-refractivity contribution is 5.42. The molecule has 0 aliphatic heterocycles. The van der Waals surface area contributed by atoms with E-state index in [4.69, 9.17) is 4.74 Å². The lowest BCUT2D eigenvalue weighted by atomic mass is 10.2. The first-order chi connectivity index (χ1) is 6.36. The van der Waals surface area contributed by atoms with Crippen molar-refractivity contribution in [2.45, 2.75) is 26.0 Å². The number of benzene rings is 1. The lowest BCUT2D eigenvalue weighted by molar-refractivity contribution is 0.117. The molecule has 0 saturated heterocycles. The molecule has 0 aromatic heterocycles. The van der Waals surface area contributed by atoms with Crippen LogP contribution in [-0.4, -0.2) is 13.3 Å². The Morgan fingerprint density at radius 2 is 2.00 bits per heavy atom. The number of hydrogen-bond donors (Lipinski definition) is 1. The van der Waals surface area contributed by atoms with E-state index >= 15 is 0 Å². The van der Waals surface area contributed by atoms with Crippen molar-refractivity contribution in [3.63, 3.8) is 0 Å². The van der Waals surface area contributed by atoms with Gasteiger partial charge in [-0.25, -0.2) is 0 Å². The zero-order valence-corrected chi connectivity index (χ0v) is 8.29. The van der Waals surface area contributed by atoms with Gasteiger partial charge >= 0.3 is 0 Å². The van der Waals surface area contributed by atoms with Gasteiger partial charge < -0.3 is 10.1 Å². The van der Waals surface area contributed by atoms with Crippen molar-refractivity contribution >= 4 is 5.69 Å². The molecule has 0 saturated carbocycles. The third-order valence-electron chi connectivity index (χ3n) is 1.94. The smallest absolute Gasteiger partial charge is 0.127 e. The van der Waals surface area contributed by atoms with E-state index in [2.05, 4.69) is 12.2 Å². The molecule has 1 rings (SSSR count). The molecular formula is C11H17NO. The van der Waals surface area contributed by atoms with Crippen molar-refractivity contribution < 1.29 is 4.74 Å². The Kier molecular flexibility index (Phi) is 4.33. The van der Waals surface area contributed by atoms with Crippen molar-refractivity contribution in [1.82, 2.24) is 0 Å². The fourth-order valence-corrected chi connectivity index (χ4v) is 1.23. The second kappa shape index (κ2) is 5.60. The number of ether oxygens (including phenoxy) is 1. The van der Waals surface area contributed by atoms with E-state index in [1.807, 2.05) is 30.3 Å². The van der Waals surface area contributed by atoms with Crippen LogP contribution in [0.1, 0.15) is 19.8 Å². The highest BCUT2D eigenvalue weighted by Crippen LogP contribution is 2.09. The van der Waals surface area contributed by atoms with Gasteiger partial charge in [0.05, 0.1) is 0 Å². The van der Waals surface area contributed by atoms with Gasteiger partial charge in [-0.2, -0.15) is 0 Å². The third-order valence-corrected chi connectivity index (χ3v) is 1.94. The Labute approximate surface area is 79.9 Å². The van der Waals surface area contributed by atoms with Crippen LogP contribution in [0.5, 0.6) is 0 Å². The molecule has 72 valence electrons. The average molecular weight is 179 g/mol. The molecule has 1 atom stereocenters. The molecule has 0 fully saturated rings. The predicted molar refractivity (Wildman–Crippen MR) is 55.8 cm³/mol. The van der Waals surface area contributed by atoms with Crippen LogP contribution in [0.3, 0.4) is 0 Å². The Balaban J connectivity index is 2.46. The number of rotatable bonds is 5. The summed E-state index contributed by atoms with van der Waals surface area (Å²) in [5, 5.41) is 3.31. The quantitative estimate of drug-likeness (QED) is 0.702. The summed E-state index contributed by atoms with van der Waals surface area (Å²) >= 11 is 0. The molecule has 13 heavy (non-hydrogen) atoms. The summed E-state index contributed by atoms with van der Waals surface area (Å²) in [4.78, 5) is 0. The summed E-state index contributed by atoms with van der Waals surface area (Å²) in [6, 6.07) is 10.1. The van der Waals surface area contributed by atoms with Gasteiger partial charge in [0.1, 0.15) is 6.23 Å². The standard InChI is InChI=1S/C11H17NO/c1-3-7-11(13-2)12-10-8-5-4-6-9-10/h4-6,8-9,11-12H,3,7H2,1-2H3. The molecule has 1 unspecified atom stereocenters. The van der Waals surface area contributed by atoms with Crippen molar-refractivity contribution in [1.29, 1.82) is 0 Å². The zero-order chi connectivity index (χ0) is 9.52. The van der Waals surface area contributed by atoms with Gasteiger partial charge in [0.25, 0.3) is 0 Å². The van der Waals surface area contributed by atoms with Gasteiger partial charge in [-0.3, -0.25) is 0 Å². The van der Waals surface area contributed by atoms with E-state index in [0.29, 0.717) is 0 Å². The molecule has 2 nitrogen and oxygen atoms in total. The van der Waals surface area contributed by atoms with Crippen molar-refractivity contribution in [3.05, 3.63) is 30.3 Å². The van der Waals surface area contributed by atoms with E-state index in [1.54, 1.807) is 7.11 Å². The molecule has 0 aliphatic carbocycles. The normalized spacial score (nSPS) is 12.5. The van der Waals surface area contributed by atoms with E-state index in [1.165, 1.54) is 0 Å². The Hall–Kier alpha value is -1.02. The summed E-state index contributed by atoms with van der Waals surface area (Å²) in [6.45, 7) is 2.15. The van der Waals surface area contributed by atoms with Gasteiger partial charge in [-0.05, 0) is 18.6 Å². The van der Waals surface area contributed by atoms with E-state index in [9.17, 15) is 0 Å². The maximum Gasteiger partial charge on any atom is 0.127 e. The Bertz CT molecular complexity index is 223. The van der Waals surface area contributed by atoms with Crippen molar-refractivity contribution in [2.24, 2.45) is 0 Å². The minimum absolute atomic E-state index is 0.132. The number of methoxy groups -OCH3 is 1. The largest absolute Gasteiger partial charge is 0.362 e. The summed E-state index contributed by atoms with van der Waals surface area (Å²) < 4.78 is 5.28. The molecule has 1 N–H and O–H groups in total. The SMILES string of the molecule is CCCC(Nc1ccccc1)OC. The molecule has 0 amide bonds. The van der Waals surface area contributed by atoms with Crippen LogP contribution in [0.25, 0.3) is 0 Å². The lowest BCUT2D eigenvalue weighted by Crippen LogP contribution is -2.20. The van der Waals surface area contributed by atoms with Crippen LogP contribution >= 0.6 is 0 Å². The minimum Gasteiger partial charge on any atom is -0.362 e. The van der Waals surface area contributed by atoms with Crippen molar-refractivity contribution in [3.8, 4) is 0 Å². The van der Waals surface area contributed by atoms with Crippen LogP contribution in [0.2, 0.25) is 0 Å². The number of nitrogens with one attached hydrogen (secondary N) is 1. The summed E-state index contributed by atoms with van der Waals surface area (Å²) in [5.74, 6) is 0. The van der Waals surface area contributed by atoms with Crippen molar-refractivity contribution in [2.75, 3.05) is 12.4 Å². The zero-order valence-electron chi connectivity index (χ0n) is 8.29. The molecule has 0 bridgehead atoms. The first-order valence-electron chi connectivity index (χ1n) is 4.71. The van der Waals surface area contributed by atoms with Crippen LogP contribution in [0.15, 0.2) is 30.3 Å². The van der Waals surface area contributed by atoms with Gasteiger partial charge in [0.2, 0.25) is 0 Å². The molecule has 0 heterocycles. The molecular weight excluding hydrogens is 162 g/mol. The van der Waals surface area contributed by atoms with Crippen LogP contribution in [0.4, 0.5) is 5.69 Å². The molecule has 0 aliphatic rings. The van der Waals surface area contributed by atoms with Gasteiger partial charge in [0.15, 0.2) is 0 Å². The molecule has 1 aromatic rings. The second-order valence-electron chi connectivity index (χ2n) is 3.02. The van der Waals surface area contributed by atoms with Crippen LogP contribution < -0.4 is 5.32 Å². The summed E-state index contributed by atoms with van der Waals surface area (Å²) in [6.07, 6.45) is 2.29. The number of para-hydroxylation sites is 1. The fraction of sp³-hybridized carbons (Fsp3) is 0.455. The third kappa shape index (κ3) is 3.47. The van der Waals surface area contributed by atoms with Gasteiger partial charge in [0, 0.05) is 12.8 Å². The minimum atomic E-state index is 0.132. The lowest BCUT2D eigenvalue weighted by Gasteiger charge is -2.17. The van der Waals surface area contributed by atoms with E-state index < -0.39 is 0 Å².